The minimum Gasteiger partial charge on any atom is -0.505 e. The van der Waals surface area contributed by atoms with Crippen LogP contribution >= 0.6 is 0 Å². The number of benzene rings is 1. The smallest absolute Gasteiger partial charge is 0.339 e. The van der Waals surface area contributed by atoms with E-state index in [0.29, 0.717) is 6.42 Å². The zero-order valence-electron chi connectivity index (χ0n) is 12.4. The molecule has 0 unspecified atom stereocenters. The molecule has 0 aliphatic heterocycles. The van der Waals surface area contributed by atoms with Gasteiger partial charge in [0.2, 0.25) is 5.91 Å². The summed E-state index contributed by atoms with van der Waals surface area (Å²) in [6, 6.07) is 4.27. The van der Waals surface area contributed by atoms with Crippen molar-refractivity contribution < 1.29 is 19.8 Å². The van der Waals surface area contributed by atoms with E-state index in [9.17, 15) is 14.7 Å². The third kappa shape index (κ3) is 5.85. The first-order valence-corrected chi connectivity index (χ1v) is 7.41. The Morgan fingerprint density at radius 2 is 1.76 bits per heavy atom. The molecule has 21 heavy (non-hydrogen) atoms. The number of unbranched alkanes of at least 4 members (excludes halogenated alkanes) is 5. The third-order valence-electron chi connectivity index (χ3n) is 3.30. The van der Waals surface area contributed by atoms with Gasteiger partial charge in [-0.25, -0.2) is 4.79 Å². The average Bonchev–Trinajstić information content (AvgIpc) is 2.44. The summed E-state index contributed by atoms with van der Waals surface area (Å²) < 4.78 is 0. The fourth-order valence-corrected chi connectivity index (χ4v) is 2.10. The number of nitrogens with one attached hydrogen (secondary N) is 1. The molecule has 3 N–H and O–H groups in total. The SMILES string of the molecule is CCCCCCCCC(=O)Nc1cccc(C(=O)O)c1O. The predicted molar refractivity (Wildman–Crippen MR) is 81.7 cm³/mol. The molecule has 116 valence electrons. The molecule has 0 fully saturated rings. The lowest BCUT2D eigenvalue weighted by molar-refractivity contribution is -0.116. The van der Waals surface area contributed by atoms with Crippen molar-refractivity contribution in [2.75, 3.05) is 5.32 Å². The number of hydrogen-bond donors (Lipinski definition) is 3. The quantitative estimate of drug-likeness (QED) is 0.477. The van der Waals surface area contributed by atoms with E-state index in [1.807, 2.05) is 0 Å². The van der Waals surface area contributed by atoms with Gasteiger partial charge in [0.25, 0.3) is 0 Å². The number of rotatable bonds is 9. The number of carbonyl (C=O) groups excluding carboxylic acids is 1. The summed E-state index contributed by atoms with van der Waals surface area (Å²) in [6.07, 6.45) is 6.93. The summed E-state index contributed by atoms with van der Waals surface area (Å²) in [7, 11) is 0. The van der Waals surface area contributed by atoms with Crippen molar-refractivity contribution in [1.82, 2.24) is 0 Å². The lowest BCUT2D eigenvalue weighted by Crippen LogP contribution is -2.12. The molecular formula is C16H23NO4. The van der Waals surface area contributed by atoms with Crippen LogP contribution in [-0.4, -0.2) is 22.1 Å². The lowest BCUT2D eigenvalue weighted by atomic mass is 10.1. The average molecular weight is 293 g/mol. The summed E-state index contributed by atoms with van der Waals surface area (Å²) in [6.45, 7) is 2.16. The Hall–Kier alpha value is -2.04. The Morgan fingerprint density at radius 1 is 1.10 bits per heavy atom. The molecule has 5 nitrogen and oxygen atoms in total. The second-order valence-electron chi connectivity index (χ2n) is 5.07. The first kappa shape index (κ1) is 17.0. The Bertz CT molecular complexity index is 485. The molecule has 1 aromatic rings. The van der Waals surface area contributed by atoms with E-state index < -0.39 is 11.7 Å². The van der Waals surface area contributed by atoms with Crippen LogP contribution in [0.5, 0.6) is 5.75 Å². The first-order chi connectivity index (χ1) is 10.1. The Morgan fingerprint density at radius 3 is 2.43 bits per heavy atom. The molecule has 0 atom stereocenters. The summed E-state index contributed by atoms with van der Waals surface area (Å²) in [5.41, 5.74) is -0.0711. The molecule has 0 spiro atoms. The van der Waals surface area contributed by atoms with Gasteiger partial charge in [0.15, 0.2) is 5.75 Å². The standard InChI is InChI=1S/C16H23NO4/c1-2-3-4-5-6-7-11-14(18)17-13-10-8-9-12(15(13)19)16(20)21/h8-10,19H,2-7,11H2,1H3,(H,17,18)(H,20,21). The Kier molecular flexibility index (Phi) is 7.29. The molecule has 0 saturated carbocycles. The number of phenols is 1. The van der Waals surface area contributed by atoms with Crippen LogP contribution < -0.4 is 5.32 Å². The van der Waals surface area contributed by atoms with Crippen molar-refractivity contribution in [3.8, 4) is 5.75 Å². The summed E-state index contributed by atoms with van der Waals surface area (Å²) in [5, 5.41) is 21.2. The fourth-order valence-electron chi connectivity index (χ4n) is 2.10. The van der Waals surface area contributed by atoms with Crippen LogP contribution in [0.25, 0.3) is 0 Å². The van der Waals surface area contributed by atoms with Crippen LogP contribution in [0.4, 0.5) is 5.69 Å². The van der Waals surface area contributed by atoms with Crippen LogP contribution in [0.15, 0.2) is 18.2 Å². The predicted octanol–water partition coefficient (Wildman–Crippen LogP) is 3.78. The highest BCUT2D eigenvalue weighted by Crippen LogP contribution is 2.27. The maximum Gasteiger partial charge on any atom is 0.339 e. The van der Waals surface area contributed by atoms with Gasteiger partial charge in [0.05, 0.1) is 5.69 Å². The van der Waals surface area contributed by atoms with Gasteiger partial charge in [-0.1, -0.05) is 45.1 Å². The van der Waals surface area contributed by atoms with Gasteiger partial charge >= 0.3 is 5.97 Å². The highest BCUT2D eigenvalue weighted by molar-refractivity contribution is 5.97. The van der Waals surface area contributed by atoms with Crippen LogP contribution in [0.3, 0.4) is 0 Å². The topological polar surface area (TPSA) is 86.6 Å². The van der Waals surface area contributed by atoms with E-state index in [1.54, 1.807) is 0 Å². The van der Waals surface area contributed by atoms with Crippen LogP contribution in [-0.2, 0) is 4.79 Å². The van der Waals surface area contributed by atoms with Crippen LogP contribution in [0.2, 0.25) is 0 Å². The van der Waals surface area contributed by atoms with Crippen molar-refractivity contribution >= 4 is 17.6 Å². The molecule has 0 bridgehead atoms. The number of carboxylic acid groups (broad SMARTS) is 1. The highest BCUT2D eigenvalue weighted by Gasteiger charge is 2.14. The maximum atomic E-state index is 11.8. The van der Waals surface area contributed by atoms with Gasteiger partial charge in [-0.05, 0) is 18.6 Å². The highest BCUT2D eigenvalue weighted by atomic mass is 16.4. The minimum absolute atomic E-state index is 0.144. The van der Waals surface area contributed by atoms with Crippen molar-refractivity contribution in [2.24, 2.45) is 0 Å². The Labute approximate surface area is 125 Å². The van der Waals surface area contributed by atoms with Gasteiger partial charge in [0.1, 0.15) is 5.56 Å². The second-order valence-corrected chi connectivity index (χ2v) is 5.07. The van der Waals surface area contributed by atoms with Gasteiger partial charge in [0, 0.05) is 6.42 Å². The van der Waals surface area contributed by atoms with Gasteiger partial charge < -0.3 is 15.5 Å². The fraction of sp³-hybridized carbons (Fsp3) is 0.500. The minimum atomic E-state index is -1.22. The molecule has 0 radical (unpaired) electrons. The molecule has 5 heteroatoms. The van der Waals surface area contributed by atoms with Gasteiger partial charge in [-0.3, -0.25) is 4.79 Å². The van der Waals surface area contributed by atoms with E-state index >= 15 is 0 Å². The van der Waals surface area contributed by atoms with Crippen molar-refractivity contribution in [1.29, 1.82) is 0 Å². The number of anilines is 1. The van der Waals surface area contributed by atoms with E-state index in [0.717, 1.165) is 19.3 Å². The number of carbonyl (C=O) groups is 2. The largest absolute Gasteiger partial charge is 0.505 e. The van der Waals surface area contributed by atoms with E-state index in [1.165, 1.54) is 37.5 Å². The number of carboxylic acids is 1. The zero-order chi connectivity index (χ0) is 15.7. The summed E-state index contributed by atoms with van der Waals surface area (Å²) >= 11 is 0. The van der Waals surface area contributed by atoms with E-state index in [2.05, 4.69) is 12.2 Å². The number of hydrogen-bond acceptors (Lipinski definition) is 3. The number of para-hydroxylation sites is 1. The van der Waals surface area contributed by atoms with Crippen LogP contribution in [0.1, 0.15) is 62.2 Å². The summed E-state index contributed by atoms with van der Waals surface area (Å²) in [4.78, 5) is 22.6. The first-order valence-electron chi connectivity index (χ1n) is 7.41. The van der Waals surface area contributed by atoms with Gasteiger partial charge in [-0.2, -0.15) is 0 Å². The normalized spacial score (nSPS) is 10.3. The third-order valence-corrected chi connectivity index (χ3v) is 3.30. The van der Waals surface area contributed by atoms with Gasteiger partial charge in [-0.15, -0.1) is 0 Å². The number of aromatic carboxylic acids is 1. The Balaban J connectivity index is 2.41. The zero-order valence-corrected chi connectivity index (χ0v) is 12.4. The number of aromatic hydroxyl groups is 1. The molecule has 0 aromatic heterocycles. The molecule has 1 aromatic carbocycles. The van der Waals surface area contributed by atoms with Crippen molar-refractivity contribution in [3.63, 3.8) is 0 Å². The molecule has 0 aliphatic rings. The molecule has 1 amide bonds. The van der Waals surface area contributed by atoms with Crippen molar-refractivity contribution in [3.05, 3.63) is 23.8 Å². The van der Waals surface area contributed by atoms with Crippen molar-refractivity contribution in [2.45, 2.75) is 51.9 Å². The summed E-state index contributed by atoms with van der Waals surface area (Å²) in [5.74, 6) is -1.83. The maximum absolute atomic E-state index is 11.8. The molecular weight excluding hydrogens is 270 g/mol. The number of amides is 1. The van der Waals surface area contributed by atoms with E-state index in [-0.39, 0.29) is 17.2 Å². The van der Waals surface area contributed by atoms with E-state index in [4.69, 9.17) is 5.11 Å². The van der Waals surface area contributed by atoms with Crippen LogP contribution in [0, 0.1) is 0 Å². The second kappa shape index (κ2) is 9.00. The molecule has 1 rings (SSSR count). The molecule has 0 heterocycles. The monoisotopic (exact) mass is 293 g/mol. The molecule has 0 saturated heterocycles. The lowest BCUT2D eigenvalue weighted by Gasteiger charge is -2.09. The molecule has 0 aliphatic carbocycles.